The van der Waals surface area contributed by atoms with Crippen molar-refractivity contribution in [1.29, 1.82) is 0 Å². The van der Waals surface area contributed by atoms with Crippen LogP contribution in [0, 0.1) is 0 Å². The molecule has 5 heteroatoms. The van der Waals surface area contributed by atoms with Crippen LogP contribution in [0.1, 0.15) is 11.5 Å². The number of hydrogen-bond donors (Lipinski definition) is 0. The van der Waals surface area contributed by atoms with Crippen LogP contribution in [0.5, 0.6) is 0 Å². The van der Waals surface area contributed by atoms with E-state index in [1.54, 1.807) is 0 Å². The van der Waals surface area contributed by atoms with Crippen molar-refractivity contribution >= 4 is 33.2 Å². The number of benzene rings is 6. The number of aromatic nitrogens is 4. The molecule has 1 aliphatic heterocycles. The fourth-order valence-electron chi connectivity index (χ4n) is 7.82. The van der Waals surface area contributed by atoms with E-state index < -0.39 is 0 Å². The molecule has 5 nitrogen and oxygen atoms in total. The molecule has 2 atom stereocenters. The first-order valence-electron chi connectivity index (χ1n) is 17.1. The second kappa shape index (κ2) is 11.5. The summed E-state index contributed by atoms with van der Waals surface area (Å²) in [7, 11) is 0. The largest absolute Gasteiger partial charge is 0.333 e. The molecule has 0 N–H and O–H groups in total. The van der Waals surface area contributed by atoms with Gasteiger partial charge in [-0.2, -0.15) is 0 Å². The maximum Gasteiger partial charge on any atom is 0.168 e. The lowest BCUT2D eigenvalue weighted by Crippen LogP contribution is -2.29. The Bertz CT molecular complexity index is 2510. The molecule has 0 spiro atoms. The van der Waals surface area contributed by atoms with Gasteiger partial charge in [-0.3, -0.25) is 0 Å². The Labute approximate surface area is 290 Å². The van der Waals surface area contributed by atoms with E-state index in [0.29, 0.717) is 17.5 Å². The van der Waals surface area contributed by atoms with Crippen LogP contribution in [-0.4, -0.2) is 25.6 Å². The van der Waals surface area contributed by atoms with E-state index in [-0.39, 0.29) is 12.0 Å². The van der Waals surface area contributed by atoms with Gasteiger partial charge in [0.1, 0.15) is 0 Å². The standard InChI is InChI=1S/C45H31N5/c1-3-16-30(17-4-1)43-46-44(31-18-5-2-6-19-31)48-45(47-43)42-40(49-36-24-11-7-20-32(36)33-21-8-12-25-37(33)49)28-15-29-41(42)50-38-26-13-9-22-34(38)35-23-10-14-27-39(35)50/h1-29,32,36H. The summed E-state index contributed by atoms with van der Waals surface area (Å²) >= 11 is 0. The minimum atomic E-state index is 0.105. The van der Waals surface area contributed by atoms with Crippen LogP contribution in [0.4, 0.5) is 11.4 Å². The predicted octanol–water partition coefficient (Wildman–Crippen LogP) is 10.7. The van der Waals surface area contributed by atoms with Crippen molar-refractivity contribution < 1.29 is 0 Å². The van der Waals surface area contributed by atoms with Crippen molar-refractivity contribution in [2.45, 2.75) is 12.0 Å². The quantitative estimate of drug-likeness (QED) is 0.188. The topological polar surface area (TPSA) is 46.8 Å². The summed E-state index contributed by atoms with van der Waals surface area (Å²) in [6.07, 6.45) is 8.98. The minimum absolute atomic E-state index is 0.105. The van der Waals surface area contributed by atoms with Crippen LogP contribution in [0.25, 0.3) is 61.7 Å². The molecule has 1 aliphatic carbocycles. The highest BCUT2D eigenvalue weighted by molar-refractivity contribution is 6.10. The zero-order chi connectivity index (χ0) is 33.0. The molecule has 0 fully saturated rings. The number of allylic oxidation sites excluding steroid dienone is 2. The van der Waals surface area contributed by atoms with E-state index in [1.165, 1.54) is 22.0 Å². The minimum Gasteiger partial charge on any atom is -0.333 e. The van der Waals surface area contributed by atoms with Gasteiger partial charge in [-0.1, -0.05) is 146 Å². The number of fused-ring (bicyclic) bond motifs is 6. The summed E-state index contributed by atoms with van der Waals surface area (Å²) in [6, 6.07) is 53.2. The van der Waals surface area contributed by atoms with Crippen LogP contribution < -0.4 is 4.90 Å². The maximum atomic E-state index is 5.33. The monoisotopic (exact) mass is 641 g/mol. The fraction of sp³-hybridized carbons (Fsp3) is 0.0444. The first kappa shape index (κ1) is 28.4. The van der Waals surface area contributed by atoms with E-state index in [9.17, 15) is 0 Å². The molecule has 0 bridgehead atoms. The fourth-order valence-corrected chi connectivity index (χ4v) is 7.82. The Morgan fingerprint density at radius 3 is 1.62 bits per heavy atom. The van der Waals surface area contributed by atoms with Gasteiger partial charge in [0.05, 0.1) is 34.0 Å². The molecule has 2 unspecified atom stereocenters. The summed E-state index contributed by atoms with van der Waals surface area (Å²) in [6.45, 7) is 0. The molecule has 0 saturated heterocycles. The third-order valence-corrected chi connectivity index (χ3v) is 9.98. The highest BCUT2D eigenvalue weighted by Crippen LogP contribution is 2.51. The highest BCUT2D eigenvalue weighted by Gasteiger charge is 2.39. The second-order valence-electron chi connectivity index (χ2n) is 12.8. The lowest BCUT2D eigenvalue weighted by atomic mass is 9.91. The van der Waals surface area contributed by atoms with Crippen LogP contribution in [-0.2, 0) is 0 Å². The average molecular weight is 642 g/mol. The molecule has 2 aromatic heterocycles. The lowest BCUT2D eigenvalue weighted by molar-refractivity contribution is 0.744. The predicted molar refractivity (Wildman–Crippen MR) is 204 cm³/mol. The number of para-hydroxylation sites is 3. The van der Waals surface area contributed by atoms with E-state index in [2.05, 4.69) is 149 Å². The summed E-state index contributed by atoms with van der Waals surface area (Å²) in [5, 5.41) is 2.41. The molecule has 0 amide bonds. The van der Waals surface area contributed by atoms with Crippen molar-refractivity contribution in [3.05, 3.63) is 182 Å². The Morgan fingerprint density at radius 1 is 0.420 bits per heavy atom. The molecule has 0 radical (unpaired) electrons. The molecule has 236 valence electrons. The first-order chi connectivity index (χ1) is 24.8. The van der Waals surface area contributed by atoms with Crippen LogP contribution in [0.15, 0.2) is 176 Å². The maximum absolute atomic E-state index is 5.33. The van der Waals surface area contributed by atoms with Crippen LogP contribution in [0.2, 0.25) is 0 Å². The SMILES string of the molecule is C1=CC2c3ccccc3N(c3cccc(-n4c5ccccc5c5ccccc54)c3-c3nc(-c4ccccc4)nc(-c4ccccc4)n3)C2C=C1. The van der Waals surface area contributed by atoms with Gasteiger partial charge in [0.2, 0.25) is 0 Å². The smallest absolute Gasteiger partial charge is 0.168 e. The van der Waals surface area contributed by atoms with Crippen LogP contribution >= 0.6 is 0 Å². The summed E-state index contributed by atoms with van der Waals surface area (Å²) in [5.41, 5.74) is 9.67. The lowest BCUT2D eigenvalue weighted by Gasteiger charge is -2.31. The Morgan fingerprint density at radius 2 is 0.940 bits per heavy atom. The van der Waals surface area contributed by atoms with E-state index in [1.807, 2.05) is 36.4 Å². The van der Waals surface area contributed by atoms with E-state index >= 15 is 0 Å². The molecule has 2 aliphatic rings. The normalized spacial score (nSPS) is 16.2. The highest BCUT2D eigenvalue weighted by atomic mass is 15.2. The zero-order valence-electron chi connectivity index (χ0n) is 27.1. The van der Waals surface area contributed by atoms with Gasteiger partial charge >= 0.3 is 0 Å². The molecule has 3 heterocycles. The first-order valence-corrected chi connectivity index (χ1v) is 17.1. The summed E-state index contributed by atoms with van der Waals surface area (Å²) in [5.74, 6) is 2.13. The molecular weight excluding hydrogens is 611 g/mol. The van der Waals surface area contributed by atoms with Crippen molar-refractivity contribution in [3.8, 4) is 39.9 Å². The average Bonchev–Trinajstić information content (AvgIpc) is 3.71. The zero-order valence-corrected chi connectivity index (χ0v) is 27.1. The number of hydrogen-bond acceptors (Lipinski definition) is 4. The molecular formula is C45H31N5. The van der Waals surface area contributed by atoms with Crippen LogP contribution in [0.3, 0.4) is 0 Å². The number of rotatable bonds is 5. The van der Waals surface area contributed by atoms with Gasteiger partial charge in [0.25, 0.3) is 0 Å². The second-order valence-corrected chi connectivity index (χ2v) is 12.8. The molecule has 6 aromatic carbocycles. The Balaban J connectivity index is 1.33. The van der Waals surface area contributed by atoms with E-state index in [0.717, 1.165) is 39.1 Å². The van der Waals surface area contributed by atoms with Crippen molar-refractivity contribution in [1.82, 2.24) is 19.5 Å². The molecule has 10 rings (SSSR count). The Hall–Kier alpha value is -6.59. The Kier molecular flexibility index (Phi) is 6.56. The molecule has 0 saturated carbocycles. The van der Waals surface area contributed by atoms with Crippen molar-refractivity contribution in [2.75, 3.05) is 4.90 Å². The van der Waals surface area contributed by atoms with Crippen molar-refractivity contribution in [2.24, 2.45) is 0 Å². The van der Waals surface area contributed by atoms with Gasteiger partial charge in [-0.05, 0) is 35.9 Å². The summed E-state index contributed by atoms with van der Waals surface area (Å²) < 4.78 is 2.38. The molecule has 50 heavy (non-hydrogen) atoms. The third-order valence-electron chi connectivity index (χ3n) is 9.98. The van der Waals surface area contributed by atoms with Gasteiger partial charge in [-0.25, -0.2) is 15.0 Å². The van der Waals surface area contributed by atoms with Gasteiger partial charge in [0.15, 0.2) is 17.5 Å². The van der Waals surface area contributed by atoms with Gasteiger partial charge in [-0.15, -0.1) is 0 Å². The van der Waals surface area contributed by atoms with E-state index in [4.69, 9.17) is 15.0 Å². The molecule has 8 aromatic rings. The van der Waals surface area contributed by atoms with Gasteiger partial charge < -0.3 is 9.47 Å². The van der Waals surface area contributed by atoms with Gasteiger partial charge in [0, 0.05) is 33.5 Å². The summed E-state index contributed by atoms with van der Waals surface area (Å²) in [4.78, 5) is 18.2. The number of nitrogens with zero attached hydrogens (tertiary/aromatic N) is 5. The third kappa shape index (κ3) is 4.44. The number of anilines is 2. The van der Waals surface area contributed by atoms with Crippen molar-refractivity contribution in [3.63, 3.8) is 0 Å².